The molecular formula is C5H11NO3S. The van der Waals surface area contributed by atoms with Crippen LogP contribution in [0.4, 0.5) is 0 Å². The second-order valence-corrected chi connectivity index (χ2v) is 1.72. The number of hydrogen-bond acceptors (Lipinski definition) is 3. The SMILES string of the molecule is CNC=O.O=C(O)CCS. The van der Waals surface area contributed by atoms with Crippen LogP contribution in [-0.4, -0.2) is 30.3 Å². The second kappa shape index (κ2) is 11.1. The monoisotopic (exact) mass is 165 g/mol. The van der Waals surface area contributed by atoms with E-state index >= 15 is 0 Å². The summed E-state index contributed by atoms with van der Waals surface area (Å²) in [6, 6.07) is 0. The third-order valence-corrected chi connectivity index (χ3v) is 0.667. The minimum absolute atomic E-state index is 0.156. The van der Waals surface area contributed by atoms with Gasteiger partial charge in [-0.3, -0.25) is 9.59 Å². The Balaban J connectivity index is 0. The molecule has 2 N–H and O–H groups in total. The third-order valence-electron chi connectivity index (χ3n) is 0.444. The lowest BCUT2D eigenvalue weighted by molar-refractivity contribution is -0.136. The zero-order valence-corrected chi connectivity index (χ0v) is 6.60. The first kappa shape index (κ1) is 12.0. The van der Waals surface area contributed by atoms with E-state index in [0.29, 0.717) is 12.2 Å². The number of amides is 1. The highest BCUT2D eigenvalue weighted by molar-refractivity contribution is 7.80. The molecule has 0 saturated carbocycles. The molecule has 0 heterocycles. The van der Waals surface area contributed by atoms with Crippen molar-refractivity contribution in [2.75, 3.05) is 12.8 Å². The van der Waals surface area contributed by atoms with Crippen LogP contribution in [0.1, 0.15) is 6.42 Å². The number of carboxylic acids is 1. The van der Waals surface area contributed by atoms with E-state index in [4.69, 9.17) is 9.90 Å². The molecule has 5 heteroatoms. The van der Waals surface area contributed by atoms with E-state index in [1.807, 2.05) is 0 Å². The van der Waals surface area contributed by atoms with Crippen molar-refractivity contribution >= 4 is 25.0 Å². The summed E-state index contributed by atoms with van der Waals surface area (Å²) in [6.07, 6.45) is 0.781. The zero-order chi connectivity index (χ0) is 8.41. The predicted octanol–water partition coefficient (Wildman–Crippen LogP) is -0.247. The smallest absolute Gasteiger partial charge is 0.304 e. The van der Waals surface area contributed by atoms with Gasteiger partial charge in [-0.1, -0.05) is 0 Å². The quantitative estimate of drug-likeness (QED) is 0.399. The first-order chi connectivity index (χ1) is 4.68. The Morgan fingerprint density at radius 1 is 1.80 bits per heavy atom. The van der Waals surface area contributed by atoms with Gasteiger partial charge in [-0.15, -0.1) is 0 Å². The summed E-state index contributed by atoms with van der Waals surface area (Å²) in [5.74, 6) is -0.361. The normalized spacial score (nSPS) is 7.00. The van der Waals surface area contributed by atoms with Gasteiger partial charge in [0.25, 0.3) is 0 Å². The zero-order valence-electron chi connectivity index (χ0n) is 5.70. The van der Waals surface area contributed by atoms with Crippen LogP contribution in [0.25, 0.3) is 0 Å². The van der Waals surface area contributed by atoms with Crippen molar-refractivity contribution in [3.8, 4) is 0 Å². The van der Waals surface area contributed by atoms with E-state index in [2.05, 4.69) is 17.9 Å². The van der Waals surface area contributed by atoms with Crippen LogP contribution in [0, 0.1) is 0 Å². The Labute approximate surface area is 65.0 Å². The van der Waals surface area contributed by atoms with Crippen molar-refractivity contribution in [2.45, 2.75) is 6.42 Å². The van der Waals surface area contributed by atoms with E-state index in [1.165, 1.54) is 0 Å². The number of aliphatic carboxylic acids is 1. The molecule has 4 nitrogen and oxygen atoms in total. The molecule has 1 amide bonds. The fourth-order valence-corrected chi connectivity index (χ4v) is 0.287. The van der Waals surface area contributed by atoms with Crippen molar-refractivity contribution in [3.05, 3.63) is 0 Å². The van der Waals surface area contributed by atoms with Gasteiger partial charge in [0.05, 0.1) is 6.42 Å². The Bertz CT molecular complexity index is 96.9. The minimum atomic E-state index is -0.787. The average molecular weight is 165 g/mol. The van der Waals surface area contributed by atoms with Crippen LogP contribution in [-0.2, 0) is 9.59 Å². The molecule has 0 saturated heterocycles. The van der Waals surface area contributed by atoms with Crippen LogP contribution in [0.15, 0.2) is 0 Å². The summed E-state index contributed by atoms with van der Waals surface area (Å²) >= 11 is 3.68. The Morgan fingerprint density at radius 2 is 2.20 bits per heavy atom. The van der Waals surface area contributed by atoms with E-state index in [1.54, 1.807) is 7.05 Å². The number of hydrogen-bond donors (Lipinski definition) is 3. The first-order valence-electron chi connectivity index (χ1n) is 2.62. The molecule has 10 heavy (non-hydrogen) atoms. The summed E-state index contributed by atoms with van der Waals surface area (Å²) in [6.45, 7) is 0. The van der Waals surface area contributed by atoms with Crippen molar-refractivity contribution < 1.29 is 14.7 Å². The highest BCUT2D eigenvalue weighted by Gasteiger charge is 1.88. The summed E-state index contributed by atoms with van der Waals surface area (Å²) in [5, 5.41) is 10.1. The van der Waals surface area contributed by atoms with Crippen LogP contribution in [0.3, 0.4) is 0 Å². The lowest BCUT2D eigenvalue weighted by Crippen LogP contribution is -1.98. The molecule has 0 rings (SSSR count). The maximum absolute atomic E-state index is 9.55. The van der Waals surface area contributed by atoms with Gasteiger partial charge in [-0.25, -0.2) is 0 Å². The van der Waals surface area contributed by atoms with Crippen LogP contribution < -0.4 is 5.32 Å². The van der Waals surface area contributed by atoms with Gasteiger partial charge in [0, 0.05) is 12.8 Å². The molecule has 0 aromatic carbocycles. The fraction of sp³-hybridized carbons (Fsp3) is 0.600. The van der Waals surface area contributed by atoms with E-state index in [-0.39, 0.29) is 6.42 Å². The van der Waals surface area contributed by atoms with Crippen molar-refractivity contribution in [1.29, 1.82) is 0 Å². The second-order valence-electron chi connectivity index (χ2n) is 1.27. The molecule has 60 valence electrons. The van der Waals surface area contributed by atoms with Gasteiger partial charge in [0.1, 0.15) is 0 Å². The molecule has 0 radical (unpaired) electrons. The summed E-state index contributed by atoms with van der Waals surface area (Å²) < 4.78 is 0. The average Bonchev–Trinajstić information content (AvgIpc) is 1.89. The van der Waals surface area contributed by atoms with E-state index in [9.17, 15) is 4.79 Å². The summed E-state index contributed by atoms with van der Waals surface area (Å²) in [7, 11) is 1.56. The Hall–Kier alpha value is -0.710. The topological polar surface area (TPSA) is 66.4 Å². The van der Waals surface area contributed by atoms with Crippen molar-refractivity contribution in [3.63, 3.8) is 0 Å². The van der Waals surface area contributed by atoms with Gasteiger partial charge < -0.3 is 10.4 Å². The lowest BCUT2D eigenvalue weighted by atomic mass is 10.5. The molecule has 0 aliphatic rings. The molecule has 0 aromatic rings. The maximum atomic E-state index is 9.55. The van der Waals surface area contributed by atoms with Crippen molar-refractivity contribution in [2.24, 2.45) is 0 Å². The molecular weight excluding hydrogens is 154 g/mol. The molecule has 0 bridgehead atoms. The lowest BCUT2D eigenvalue weighted by Gasteiger charge is -1.79. The van der Waals surface area contributed by atoms with E-state index in [0.717, 1.165) is 0 Å². The highest BCUT2D eigenvalue weighted by Crippen LogP contribution is 1.79. The molecule has 0 fully saturated rings. The minimum Gasteiger partial charge on any atom is -0.481 e. The number of nitrogens with one attached hydrogen (secondary N) is 1. The third kappa shape index (κ3) is 26.6. The van der Waals surface area contributed by atoms with Crippen LogP contribution in [0.2, 0.25) is 0 Å². The number of thiol groups is 1. The van der Waals surface area contributed by atoms with E-state index < -0.39 is 5.97 Å². The highest BCUT2D eigenvalue weighted by atomic mass is 32.1. The van der Waals surface area contributed by atoms with Gasteiger partial charge in [-0.05, 0) is 0 Å². The Kier molecular flexibility index (Phi) is 13.4. The largest absolute Gasteiger partial charge is 0.481 e. The number of carbonyl (C=O) groups is 2. The maximum Gasteiger partial charge on any atom is 0.304 e. The summed E-state index contributed by atoms with van der Waals surface area (Å²) in [5.41, 5.74) is 0. The fourth-order valence-electron chi connectivity index (χ4n) is 0.0956. The van der Waals surface area contributed by atoms with Gasteiger partial charge in [0.15, 0.2) is 0 Å². The number of carbonyl (C=O) groups excluding carboxylic acids is 1. The number of carboxylic acid groups (broad SMARTS) is 1. The first-order valence-corrected chi connectivity index (χ1v) is 3.25. The molecule has 0 unspecified atom stereocenters. The van der Waals surface area contributed by atoms with Gasteiger partial charge in [0.2, 0.25) is 6.41 Å². The molecule has 0 atom stereocenters. The van der Waals surface area contributed by atoms with Crippen LogP contribution in [0.5, 0.6) is 0 Å². The summed E-state index contributed by atoms with van der Waals surface area (Å²) in [4.78, 5) is 18.6. The molecule has 0 aromatic heterocycles. The Morgan fingerprint density at radius 3 is 2.20 bits per heavy atom. The molecule has 0 aliphatic heterocycles. The molecule has 0 spiro atoms. The predicted molar refractivity (Wildman–Crippen MR) is 41.2 cm³/mol. The van der Waals surface area contributed by atoms with Crippen molar-refractivity contribution in [1.82, 2.24) is 5.32 Å². The standard InChI is InChI=1S/C3H6O2S.C2H5NO/c4-3(5)1-2-6;1-3-2-4/h6H,1-2H2,(H,4,5);2H,1H3,(H,3,4). The molecule has 0 aliphatic carbocycles. The van der Waals surface area contributed by atoms with Gasteiger partial charge >= 0.3 is 5.97 Å². The van der Waals surface area contributed by atoms with Gasteiger partial charge in [-0.2, -0.15) is 12.6 Å². The van der Waals surface area contributed by atoms with Crippen LogP contribution >= 0.6 is 12.6 Å². The number of rotatable bonds is 3.